The topological polar surface area (TPSA) is 44.4 Å². The number of carbonyl (C=O) groups is 1. The number of anilines is 2. The highest BCUT2D eigenvalue weighted by atomic mass is 35.5. The Bertz CT molecular complexity index is 501. The number of hydrogen-bond donors (Lipinski definition) is 2. The van der Waals surface area contributed by atoms with Crippen molar-refractivity contribution < 1.29 is 4.79 Å². The molecule has 24 heavy (non-hydrogen) atoms. The van der Waals surface area contributed by atoms with Gasteiger partial charge in [0.1, 0.15) is 0 Å². The number of nitrogens with one attached hydrogen (secondary N) is 2. The molecule has 1 amide bonds. The van der Waals surface area contributed by atoms with Crippen LogP contribution in [0.5, 0.6) is 0 Å². The van der Waals surface area contributed by atoms with Crippen molar-refractivity contribution in [2.24, 2.45) is 5.92 Å². The number of piperidine rings is 1. The molecule has 0 atom stereocenters. The summed E-state index contributed by atoms with van der Waals surface area (Å²) in [5, 5.41) is 6.43. The predicted molar refractivity (Wildman–Crippen MR) is 106 cm³/mol. The molecule has 0 spiro atoms. The van der Waals surface area contributed by atoms with Gasteiger partial charge >= 0.3 is 0 Å². The SMILES string of the molecule is Cl.Cl.O=C(CCC1CCNCC1)Nc1cccc(N2CCCC2)c1. The lowest BCUT2D eigenvalue weighted by Crippen LogP contribution is -2.28. The molecule has 0 unspecified atom stereocenters. The average molecular weight is 374 g/mol. The van der Waals surface area contributed by atoms with E-state index in [1.165, 1.54) is 31.4 Å². The zero-order valence-electron chi connectivity index (χ0n) is 14.1. The third-order valence-corrected chi connectivity index (χ3v) is 4.84. The normalized spacial score (nSPS) is 17.8. The van der Waals surface area contributed by atoms with E-state index in [2.05, 4.69) is 27.7 Å². The van der Waals surface area contributed by atoms with E-state index >= 15 is 0 Å². The predicted octanol–water partition coefficient (Wildman–Crippen LogP) is 3.85. The molecule has 4 nitrogen and oxygen atoms in total. The number of hydrogen-bond acceptors (Lipinski definition) is 3. The van der Waals surface area contributed by atoms with Gasteiger partial charge in [-0.15, -0.1) is 24.8 Å². The molecule has 0 bridgehead atoms. The smallest absolute Gasteiger partial charge is 0.224 e. The van der Waals surface area contributed by atoms with E-state index in [4.69, 9.17) is 0 Å². The molecule has 1 aromatic carbocycles. The molecule has 2 fully saturated rings. The van der Waals surface area contributed by atoms with Crippen LogP contribution in [0.1, 0.15) is 38.5 Å². The summed E-state index contributed by atoms with van der Waals surface area (Å²) >= 11 is 0. The maximum Gasteiger partial charge on any atom is 0.224 e. The fourth-order valence-corrected chi connectivity index (χ4v) is 3.48. The minimum atomic E-state index is 0. The van der Waals surface area contributed by atoms with Crippen molar-refractivity contribution >= 4 is 42.1 Å². The van der Waals surface area contributed by atoms with Crippen molar-refractivity contribution in [3.8, 4) is 0 Å². The molecule has 3 rings (SSSR count). The molecule has 1 aromatic rings. The van der Waals surface area contributed by atoms with Crippen molar-refractivity contribution in [1.29, 1.82) is 0 Å². The first kappa shape index (κ1) is 21.1. The maximum absolute atomic E-state index is 12.1. The van der Waals surface area contributed by atoms with Gasteiger partial charge in [0.05, 0.1) is 0 Å². The summed E-state index contributed by atoms with van der Waals surface area (Å²) in [6, 6.07) is 8.27. The third-order valence-electron chi connectivity index (χ3n) is 4.84. The summed E-state index contributed by atoms with van der Waals surface area (Å²) in [4.78, 5) is 14.5. The fourth-order valence-electron chi connectivity index (χ4n) is 3.48. The Labute approximate surface area is 157 Å². The van der Waals surface area contributed by atoms with E-state index in [1.807, 2.05) is 12.1 Å². The van der Waals surface area contributed by atoms with Gasteiger partial charge in [-0.05, 0) is 69.3 Å². The standard InChI is InChI=1S/C18H27N3O.2ClH/c22-18(7-6-15-8-10-19-11-9-15)20-16-4-3-5-17(14-16)21-12-1-2-13-21;;/h3-5,14-15,19H,1-2,6-13H2,(H,20,22);2*1H. The number of nitrogens with zero attached hydrogens (tertiary/aromatic N) is 1. The van der Waals surface area contributed by atoms with Gasteiger partial charge in [-0.2, -0.15) is 0 Å². The summed E-state index contributed by atoms with van der Waals surface area (Å²) in [5.41, 5.74) is 2.16. The van der Waals surface area contributed by atoms with Crippen LogP contribution >= 0.6 is 24.8 Å². The largest absolute Gasteiger partial charge is 0.371 e. The monoisotopic (exact) mass is 373 g/mol. The quantitative estimate of drug-likeness (QED) is 0.823. The summed E-state index contributed by atoms with van der Waals surface area (Å²) in [6.45, 7) is 4.47. The Morgan fingerprint density at radius 1 is 1.17 bits per heavy atom. The van der Waals surface area contributed by atoms with Crippen LogP contribution in [-0.2, 0) is 4.79 Å². The highest BCUT2D eigenvalue weighted by Crippen LogP contribution is 2.24. The number of rotatable bonds is 5. The van der Waals surface area contributed by atoms with Crippen LogP contribution in [0.2, 0.25) is 0 Å². The Balaban J connectivity index is 0.00000144. The van der Waals surface area contributed by atoms with Gasteiger partial charge < -0.3 is 15.5 Å². The van der Waals surface area contributed by atoms with Crippen LogP contribution in [0.15, 0.2) is 24.3 Å². The molecular formula is C18H29Cl2N3O. The van der Waals surface area contributed by atoms with Crippen LogP contribution in [0, 0.1) is 5.92 Å². The van der Waals surface area contributed by atoms with Gasteiger partial charge in [-0.25, -0.2) is 0 Å². The summed E-state index contributed by atoms with van der Waals surface area (Å²) < 4.78 is 0. The first-order valence-electron chi connectivity index (χ1n) is 8.67. The second-order valence-corrected chi connectivity index (χ2v) is 6.52. The van der Waals surface area contributed by atoms with Crippen molar-refractivity contribution in [3.05, 3.63) is 24.3 Å². The van der Waals surface area contributed by atoms with Crippen molar-refractivity contribution in [1.82, 2.24) is 5.32 Å². The fraction of sp³-hybridized carbons (Fsp3) is 0.611. The summed E-state index contributed by atoms with van der Waals surface area (Å²) in [7, 11) is 0. The number of benzene rings is 1. The summed E-state index contributed by atoms with van der Waals surface area (Å²) in [5.74, 6) is 0.861. The van der Waals surface area contributed by atoms with Gasteiger partial charge in [-0.1, -0.05) is 6.07 Å². The van der Waals surface area contributed by atoms with Gasteiger partial charge in [0.25, 0.3) is 0 Å². The Kier molecular flexibility index (Phi) is 9.49. The first-order chi connectivity index (χ1) is 10.8. The first-order valence-corrected chi connectivity index (χ1v) is 8.67. The van der Waals surface area contributed by atoms with Gasteiger partial charge in [0.15, 0.2) is 0 Å². The summed E-state index contributed by atoms with van der Waals surface area (Å²) in [6.07, 6.45) is 6.60. The number of carbonyl (C=O) groups excluding carboxylic acids is 1. The van der Waals surface area contributed by atoms with Gasteiger partial charge in [-0.3, -0.25) is 4.79 Å². The van der Waals surface area contributed by atoms with Crippen LogP contribution in [0.4, 0.5) is 11.4 Å². The molecular weight excluding hydrogens is 345 g/mol. The Morgan fingerprint density at radius 3 is 2.58 bits per heavy atom. The molecule has 0 radical (unpaired) electrons. The lowest BCUT2D eigenvalue weighted by Gasteiger charge is -2.22. The van der Waals surface area contributed by atoms with Crippen molar-refractivity contribution in [2.45, 2.75) is 38.5 Å². The second kappa shape index (κ2) is 10.8. The van der Waals surface area contributed by atoms with E-state index in [-0.39, 0.29) is 30.7 Å². The average Bonchev–Trinajstić information content (AvgIpc) is 3.09. The minimum Gasteiger partial charge on any atom is -0.371 e. The minimum absolute atomic E-state index is 0. The molecule has 0 saturated carbocycles. The van der Waals surface area contributed by atoms with Crippen LogP contribution < -0.4 is 15.5 Å². The second-order valence-electron chi connectivity index (χ2n) is 6.52. The highest BCUT2D eigenvalue weighted by molar-refractivity contribution is 5.91. The van der Waals surface area contributed by atoms with E-state index in [0.717, 1.165) is 38.3 Å². The third kappa shape index (κ3) is 6.15. The molecule has 2 aliphatic heterocycles. The van der Waals surface area contributed by atoms with E-state index in [1.54, 1.807) is 0 Å². The molecule has 136 valence electrons. The number of halogens is 2. The zero-order chi connectivity index (χ0) is 15.2. The van der Waals surface area contributed by atoms with Gasteiger partial charge in [0, 0.05) is 30.9 Å². The molecule has 2 saturated heterocycles. The van der Waals surface area contributed by atoms with Crippen LogP contribution in [0.25, 0.3) is 0 Å². The number of amides is 1. The molecule has 2 heterocycles. The molecule has 2 aliphatic rings. The van der Waals surface area contributed by atoms with Gasteiger partial charge in [0.2, 0.25) is 5.91 Å². The lowest BCUT2D eigenvalue weighted by molar-refractivity contribution is -0.116. The lowest BCUT2D eigenvalue weighted by atomic mass is 9.93. The molecule has 6 heteroatoms. The van der Waals surface area contributed by atoms with Crippen LogP contribution in [-0.4, -0.2) is 32.1 Å². The molecule has 0 aromatic heterocycles. The maximum atomic E-state index is 12.1. The highest BCUT2D eigenvalue weighted by Gasteiger charge is 2.15. The Hall–Kier alpha value is -0.970. The van der Waals surface area contributed by atoms with E-state index in [9.17, 15) is 4.79 Å². The van der Waals surface area contributed by atoms with Crippen molar-refractivity contribution in [3.63, 3.8) is 0 Å². The Morgan fingerprint density at radius 2 is 1.88 bits per heavy atom. The van der Waals surface area contributed by atoms with E-state index in [0.29, 0.717) is 12.3 Å². The van der Waals surface area contributed by atoms with E-state index < -0.39 is 0 Å². The van der Waals surface area contributed by atoms with Crippen molar-refractivity contribution in [2.75, 3.05) is 36.4 Å². The van der Waals surface area contributed by atoms with Crippen LogP contribution in [0.3, 0.4) is 0 Å². The zero-order valence-corrected chi connectivity index (χ0v) is 15.8. The molecule has 0 aliphatic carbocycles. The molecule has 2 N–H and O–H groups in total.